The molecule has 0 amide bonds. The zero-order valence-electron chi connectivity index (χ0n) is 25.6. The standard InChI is InChI=1S/C44H29N3/c1-4-14-30(15-5-1)31-24-26-34(27-25-31)42-45-41(33-17-6-2-7-18-33)46-43(47-42)44(35-19-8-3-9-20-35)38-23-13-12-22-37(38)40-36-21-11-10-16-32(36)28-29-39(40)44/h1-29H. The zero-order chi connectivity index (χ0) is 31.2. The van der Waals surface area contributed by atoms with Gasteiger partial charge in [0, 0.05) is 11.1 Å². The van der Waals surface area contributed by atoms with Gasteiger partial charge >= 0.3 is 0 Å². The molecule has 0 spiro atoms. The molecule has 1 aliphatic rings. The Morgan fingerprint density at radius 2 is 0.894 bits per heavy atom. The minimum atomic E-state index is -0.761. The maximum absolute atomic E-state index is 5.42. The van der Waals surface area contributed by atoms with Crippen LogP contribution in [0.3, 0.4) is 0 Å². The van der Waals surface area contributed by atoms with E-state index in [0.717, 1.165) is 22.3 Å². The smallest absolute Gasteiger partial charge is 0.163 e. The van der Waals surface area contributed by atoms with Crippen LogP contribution in [0, 0.1) is 0 Å². The lowest BCUT2D eigenvalue weighted by atomic mass is 9.71. The van der Waals surface area contributed by atoms with E-state index in [1.54, 1.807) is 0 Å². The monoisotopic (exact) mass is 599 g/mol. The van der Waals surface area contributed by atoms with Gasteiger partial charge in [0.15, 0.2) is 17.5 Å². The summed E-state index contributed by atoms with van der Waals surface area (Å²) in [4.78, 5) is 15.9. The fraction of sp³-hybridized carbons (Fsp3) is 0.0227. The summed E-state index contributed by atoms with van der Waals surface area (Å²) < 4.78 is 0. The Kier molecular flexibility index (Phi) is 6.36. The van der Waals surface area contributed by atoms with E-state index in [1.165, 1.54) is 38.6 Å². The molecule has 220 valence electrons. The van der Waals surface area contributed by atoms with Crippen molar-refractivity contribution >= 4 is 10.8 Å². The van der Waals surface area contributed by atoms with Crippen LogP contribution in [-0.4, -0.2) is 15.0 Å². The number of aromatic nitrogens is 3. The lowest BCUT2D eigenvalue weighted by Crippen LogP contribution is -2.31. The highest BCUT2D eigenvalue weighted by Gasteiger charge is 2.49. The van der Waals surface area contributed by atoms with Gasteiger partial charge in [-0.25, -0.2) is 15.0 Å². The Morgan fingerprint density at radius 1 is 0.362 bits per heavy atom. The summed E-state index contributed by atoms with van der Waals surface area (Å²) in [6, 6.07) is 61.8. The van der Waals surface area contributed by atoms with Crippen LogP contribution >= 0.6 is 0 Å². The van der Waals surface area contributed by atoms with Gasteiger partial charge in [0.05, 0.1) is 0 Å². The number of nitrogens with zero attached hydrogens (tertiary/aromatic N) is 3. The molecular weight excluding hydrogens is 571 g/mol. The Morgan fingerprint density at radius 3 is 1.62 bits per heavy atom. The maximum Gasteiger partial charge on any atom is 0.163 e. The summed E-state index contributed by atoms with van der Waals surface area (Å²) in [7, 11) is 0. The van der Waals surface area contributed by atoms with E-state index in [-0.39, 0.29) is 0 Å². The average Bonchev–Trinajstić information content (AvgIpc) is 3.47. The van der Waals surface area contributed by atoms with Gasteiger partial charge in [-0.1, -0.05) is 176 Å². The molecule has 0 radical (unpaired) electrons. The van der Waals surface area contributed by atoms with Crippen LogP contribution < -0.4 is 0 Å². The Bertz CT molecular complexity index is 2390. The van der Waals surface area contributed by atoms with E-state index >= 15 is 0 Å². The van der Waals surface area contributed by atoms with E-state index in [9.17, 15) is 0 Å². The molecule has 1 unspecified atom stereocenters. The molecule has 1 atom stereocenters. The molecule has 9 rings (SSSR count). The van der Waals surface area contributed by atoms with Crippen LogP contribution in [0.1, 0.15) is 22.5 Å². The highest BCUT2D eigenvalue weighted by Crippen LogP contribution is 2.57. The fourth-order valence-electron chi connectivity index (χ4n) is 7.25. The Hall–Kier alpha value is -6.19. The van der Waals surface area contributed by atoms with Crippen LogP contribution in [0.25, 0.3) is 55.8 Å². The van der Waals surface area contributed by atoms with Gasteiger partial charge < -0.3 is 0 Å². The molecule has 47 heavy (non-hydrogen) atoms. The highest BCUT2D eigenvalue weighted by atomic mass is 15.0. The minimum Gasteiger partial charge on any atom is -0.211 e. The summed E-state index contributed by atoms with van der Waals surface area (Å²) in [6.45, 7) is 0. The molecular formula is C44H29N3. The first-order valence-electron chi connectivity index (χ1n) is 16.0. The van der Waals surface area contributed by atoms with Crippen molar-refractivity contribution in [2.45, 2.75) is 5.41 Å². The van der Waals surface area contributed by atoms with Gasteiger partial charge in [0.25, 0.3) is 0 Å². The molecule has 3 heteroatoms. The predicted molar refractivity (Wildman–Crippen MR) is 191 cm³/mol. The first kappa shape index (κ1) is 27.1. The largest absolute Gasteiger partial charge is 0.211 e. The van der Waals surface area contributed by atoms with Crippen molar-refractivity contribution in [1.82, 2.24) is 15.0 Å². The van der Waals surface area contributed by atoms with Crippen molar-refractivity contribution in [1.29, 1.82) is 0 Å². The van der Waals surface area contributed by atoms with Gasteiger partial charge in [-0.3, -0.25) is 0 Å². The number of hydrogen-bond acceptors (Lipinski definition) is 3. The van der Waals surface area contributed by atoms with Gasteiger partial charge in [-0.15, -0.1) is 0 Å². The number of rotatable bonds is 5. The third kappa shape index (κ3) is 4.32. The molecule has 0 fully saturated rings. The molecule has 0 aliphatic heterocycles. The Labute approximate surface area is 273 Å². The molecule has 8 aromatic rings. The number of fused-ring (bicyclic) bond motifs is 5. The second-order valence-electron chi connectivity index (χ2n) is 12.0. The van der Waals surface area contributed by atoms with Crippen LogP contribution in [0.4, 0.5) is 0 Å². The topological polar surface area (TPSA) is 38.7 Å². The van der Waals surface area contributed by atoms with E-state index in [1.807, 2.05) is 24.3 Å². The van der Waals surface area contributed by atoms with E-state index in [4.69, 9.17) is 15.0 Å². The van der Waals surface area contributed by atoms with Crippen molar-refractivity contribution in [3.63, 3.8) is 0 Å². The van der Waals surface area contributed by atoms with Crippen molar-refractivity contribution in [3.8, 4) is 45.0 Å². The zero-order valence-corrected chi connectivity index (χ0v) is 25.6. The fourth-order valence-corrected chi connectivity index (χ4v) is 7.25. The normalized spacial score (nSPS) is 14.9. The maximum atomic E-state index is 5.42. The van der Waals surface area contributed by atoms with Crippen molar-refractivity contribution < 1.29 is 0 Å². The summed E-state index contributed by atoms with van der Waals surface area (Å²) in [5, 5.41) is 2.44. The summed E-state index contributed by atoms with van der Waals surface area (Å²) in [5.41, 5.74) is 9.38. The molecule has 0 N–H and O–H groups in total. The lowest BCUT2D eigenvalue weighted by molar-refractivity contribution is 0.692. The quantitative estimate of drug-likeness (QED) is 0.198. The third-order valence-corrected chi connectivity index (χ3v) is 9.39. The number of hydrogen-bond donors (Lipinski definition) is 0. The Balaban J connectivity index is 1.36. The minimum absolute atomic E-state index is 0.649. The van der Waals surface area contributed by atoms with E-state index in [0.29, 0.717) is 17.5 Å². The molecule has 1 heterocycles. The van der Waals surface area contributed by atoms with E-state index in [2.05, 4.69) is 152 Å². The molecule has 0 bridgehead atoms. The molecule has 0 saturated heterocycles. The van der Waals surface area contributed by atoms with Crippen molar-refractivity contribution in [2.24, 2.45) is 0 Å². The van der Waals surface area contributed by atoms with Crippen molar-refractivity contribution in [2.75, 3.05) is 0 Å². The van der Waals surface area contributed by atoms with Gasteiger partial charge in [-0.2, -0.15) is 0 Å². The molecule has 1 aliphatic carbocycles. The lowest BCUT2D eigenvalue weighted by Gasteiger charge is -2.32. The van der Waals surface area contributed by atoms with E-state index < -0.39 is 5.41 Å². The van der Waals surface area contributed by atoms with Gasteiger partial charge in [0.1, 0.15) is 5.41 Å². The molecule has 3 nitrogen and oxygen atoms in total. The summed E-state index contributed by atoms with van der Waals surface area (Å²) in [5.74, 6) is 2.01. The predicted octanol–water partition coefficient (Wildman–Crippen LogP) is 10.4. The van der Waals surface area contributed by atoms with Crippen LogP contribution in [-0.2, 0) is 5.41 Å². The number of benzene rings is 7. The average molecular weight is 600 g/mol. The van der Waals surface area contributed by atoms with Crippen LogP contribution in [0.2, 0.25) is 0 Å². The van der Waals surface area contributed by atoms with Crippen LogP contribution in [0.15, 0.2) is 176 Å². The molecule has 7 aromatic carbocycles. The second-order valence-corrected chi connectivity index (χ2v) is 12.0. The SMILES string of the molecule is c1ccc(-c2ccc(-c3nc(-c4ccccc4)nc(C4(c5ccccc5)c5ccccc5-c5c4ccc4ccccc54)n3)cc2)cc1. The second kappa shape index (κ2) is 11.0. The first-order chi connectivity index (χ1) is 23.3. The summed E-state index contributed by atoms with van der Waals surface area (Å²) >= 11 is 0. The molecule has 0 saturated carbocycles. The van der Waals surface area contributed by atoms with Gasteiger partial charge in [-0.05, 0) is 49.7 Å². The third-order valence-electron chi connectivity index (χ3n) is 9.39. The van der Waals surface area contributed by atoms with Crippen molar-refractivity contribution in [3.05, 3.63) is 198 Å². The molecule has 1 aromatic heterocycles. The first-order valence-corrected chi connectivity index (χ1v) is 16.0. The van der Waals surface area contributed by atoms with Crippen LogP contribution in [0.5, 0.6) is 0 Å². The summed E-state index contributed by atoms with van der Waals surface area (Å²) in [6.07, 6.45) is 0. The highest BCUT2D eigenvalue weighted by molar-refractivity contribution is 6.03. The van der Waals surface area contributed by atoms with Gasteiger partial charge in [0.2, 0.25) is 0 Å².